The van der Waals surface area contributed by atoms with Crippen molar-refractivity contribution in [1.82, 2.24) is 4.90 Å². The van der Waals surface area contributed by atoms with Crippen molar-refractivity contribution in [1.29, 1.82) is 0 Å². The third-order valence-corrected chi connectivity index (χ3v) is 7.04. The number of nitrogens with zero attached hydrogens (tertiary/aromatic N) is 1. The molecular formula is C17H30BClN2O3. The van der Waals surface area contributed by atoms with Crippen LogP contribution in [0.2, 0.25) is 0 Å². The molecule has 1 heterocycles. The molecule has 3 aliphatic rings. The van der Waals surface area contributed by atoms with Gasteiger partial charge in [-0.25, -0.2) is 0 Å². The number of halogens is 1. The molecule has 1 saturated heterocycles. The topological polar surface area (TPSA) is 86.8 Å². The fourth-order valence-corrected chi connectivity index (χ4v) is 6.17. The monoisotopic (exact) mass is 356 g/mol. The predicted molar refractivity (Wildman–Crippen MR) is 95.3 cm³/mol. The second-order valence-corrected chi connectivity index (χ2v) is 8.93. The van der Waals surface area contributed by atoms with E-state index < -0.39 is 19.1 Å². The van der Waals surface area contributed by atoms with E-state index >= 15 is 0 Å². The molecule has 0 radical (unpaired) electrons. The Hall–Kier alpha value is -0.295. The van der Waals surface area contributed by atoms with Gasteiger partial charge < -0.3 is 20.7 Å². The number of rotatable bonds is 4. The number of carbonyl (C=O) groups excluding carboxylic acids is 1. The van der Waals surface area contributed by atoms with E-state index in [-0.39, 0.29) is 16.7 Å². The lowest BCUT2D eigenvalue weighted by Crippen LogP contribution is -2.60. The van der Waals surface area contributed by atoms with Gasteiger partial charge in [0.05, 0.1) is 12.0 Å². The fraction of sp³-hybridized carbons (Fsp3) is 0.941. The Balaban J connectivity index is 1.80. The largest absolute Gasteiger partial charge is 0.475 e. The minimum atomic E-state index is -1.49. The summed E-state index contributed by atoms with van der Waals surface area (Å²) in [4.78, 5) is 14.7. The molecular weight excluding hydrogens is 326 g/mol. The minimum Gasteiger partial charge on any atom is -0.426 e. The molecule has 2 aliphatic carbocycles. The Morgan fingerprint density at radius 2 is 2.12 bits per heavy atom. The molecule has 0 aromatic rings. The van der Waals surface area contributed by atoms with Gasteiger partial charge in [0.25, 0.3) is 0 Å². The Morgan fingerprint density at radius 3 is 2.79 bits per heavy atom. The summed E-state index contributed by atoms with van der Waals surface area (Å²) in [5, 5.41) is 19.2. The van der Waals surface area contributed by atoms with Gasteiger partial charge in [-0.1, -0.05) is 13.3 Å². The Morgan fingerprint density at radius 1 is 1.38 bits per heavy atom. The summed E-state index contributed by atoms with van der Waals surface area (Å²) in [6, 6.07) is -0.588. The van der Waals surface area contributed by atoms with Crippen molar-refractivity contribution >= 4 is 24.6 Å². The summed E-state index contributed by atoms with van der Waals surface area (Å²) in [7, 11) is -1.49. The number of alkyl halides is 1. The van der Waals surface area contributed by atoms with Crippen LogP contribution in [0.3, 0.4) is 0 Å². The van der Waals surface area contributed by atoms with E-state index in [0.717, 1.165) is 38.5 Å². The van der Waals surface area contributed by atoms with Crippen molar-refractivity contribution in [3.05, 3.63) is 0 Å². The molecule has 24 heavy (non-hydrogen) atoms. The first-order chi connectivity index (χ1) is 11.4. The summed E-state index contributed by atoms with van der Waals surface area (Å²) in [5.41, 5.74) is 6.32. The Bertz CT molecular complexity index is 477. The van der Waals surface area contributed by atoms with E-state index in [0.29, 0.717) is 24.8 Å². The number of fused-ring (bicyclic) bond motifs is 2. The SMILES string of the molecule is CCC1CC2CC(Cl)CC([C@H](N)C(=O)N3CCC[C@H]3B(O)O)(C1)C2. The average molecular weight is 357 g/mol. The summed E-state index contributed by atoms with van der Waals surface area (Å²) in [6.07, 6.45) is 7.53. The van der Waals surface area contributed by atoms with Crippen molar-refractivity contribution in [2.45, 2.75) is 75.7 Å². The van der Waals surface area contributed by atoms with Gasteiger partial charge in [0.2, 0.25) is 5.91 Å². The maximum Gasteiger partial charge on any atom is 0.475 e. The molecule has 3 rings (SSSR count). The molecule has 0 aromatic heterocycles. The molecule has 2 bridgehead atoms. The van der Waals surface area contributed by atoms with Gasteiger partial charge in [0.15, 0.2) is 0 Å². The molecule has 136 valence electrons. The van der Waals surface area contributed by atoms with Gasteiger partial charge in [-0.05, 0) is 62.2 Å². The molecule has 3 fully saturated rings. The van der Waals surface area contributed by atoms with E-state index in [1.165, 1.54) is 6.42 Å². The van der Waals surface area contributed by atoms with E-state index in [4.69, 9.17) is 17.3 Å². The van der Waals surface area contributed by atoms with Crippen LogP contribution >= 0.6 is 11.6 Å². The van der Waals surface area contributed by atoms with Crippen LogP contribution in [0.25, 0.3) is 0 Å². The number of hydrogen-bond acceptors (Lipinski definition) is 4. The second kappa shape index (κ2) is 7.14. The third kappa shape index (κ3) is 3.35. The van der Waals surface area contributed by atoms with Crippen LogP contribution in [0.1, 0.15) is 58.3 Å². The number of carbonyl (C=O) groups is 1. The molecule has 0 aromatic carbocycles. The maximum atomic E-state index is 13.1. The van der Waals surface area contributed by atoms with Crippen molar-refractivity contribution in [2.24, 2.45) is 23.0 Å². The lowest BCUT2D eigenvalue weighted by atomic mass is 9.55. The molecule has 0 spiro atoms. The van der Waals surface area contributed by atoms with Gasteiger partial charge in [0, 0.05) is 11.9 Å². The van der Waals surface area contributed by atoms with Crippen LogP contribution < -0.4 is 5.73 Å². The van der Waals surface area contributed by atoms with Crippen LogP contribution in [-0.2, 0) is 4.79 Å². The zero-order valence-electron chi connectivity index (χ0n) is 14.5. The zero-order chi connectivity index (χ0) is 17.5. The van der Waals surface area contributed by atoms with Crippen LogP contribution in [-0.4, -0.2) is 51.9 Å². The first kappa shape index (κ1) is 18.5. The highest BCUT2D eigenvalue weighted by atomic mass is 35.5. The van der Waals surface area contributed by atoms with Crippen molar-refractivity contribution in [3.63, 3.8) is 0 Å². The first-order valence-electron chi connectivity index (χ1n) is 9.42. The summed E-state index contributed by atoms with van der Waals surface area (Å²) in [5.74, 6) is 0.546. The van der Waals surface area contributed by atoms with Gasteiger partial charge in [0.1, 0.15) is 0 Å². The number of hydrogen-bond donors (Lipinski definition) is 3. The highest BCUT2D eigenvalue weighted by Gasteiger charge is 2.52. The van der Waals surface area contributed by atoms with Crippen LogP contribution in [0.4, 0.5) is 0 Å². The van der Waals surface area contributed by atoms with Crippen molar-refractivity contribution in [2.75, 3.05) is 6.54 Å². The fourth-order valence-electron chi connectivity index (χ4n) is 5.61. The molecule has 1 amide bonds. The summed E-state index contributed by atoms with van der Waals surface area (Å²) < 4.78 is 0. The number of amides is 1. The zero-order valence-corrected chi connectivity index (χ0v) is 15.3. The quantitative estimate of drug-likeness (QED) is 0.526. The second-order valence-electron chi connectivity index (χ2n) is 8.32. The molecule has 7 heteroatoms. The number of nitrogens with two attached hydrogens (primary N) is 1. The first-order valence-corrected chi connectivity index (χ1v) is 9.86. The maximum absolute atomic E-state index is 13.1. The Labute approximate surface area is 150 Å². The lowest BCUT2D eigenvalue weighted by Gasteiger charge is -2.52. The van der Waals surface area contributed by atoms with E-state index in [9.17, 15) is 14.8 Å². The standard InChI is InChI=1S/C17H30BClN2O3/c1-2-11-6-12-7-13(19)10-17(8-11,9-12)15(20)16(22)21-5-3-4-14(21)18(23)24/h11-15,23-24H,2-10,20H2,1H3/t11?,12?,13?,14-,15+,17?/m0/s1. The van der Waals surface area contributed by atoms with Crippen molar-refractivity contribution in [3.8, 4) is 0 Å². The van der Waals surface area contributed by atoms with Gasteiger partial charge in [-0.2, -0.15) is 0 Å². The summed E-state index contributed by atoms with van der Waals surface area (Å²) in [6.45, 7) is 2.78. The highest BCUT2D eigenvalue weighted by Crippen LogP contribution is 2.54. The molecule has 1 aliphatic heterocycles. The predicted octanol–water partition coefficient (Wildman–Crippen LogP) is 1.53. The van der Waals surface area contributed by atoms with Gasteiger partial charge in [-0.3, -0.25) is 4.79 Å². The molecule has 5 nitrogen and oxygen atoms in total. The van der Waals surface area contributed by atoms with Crippen LogP contribution in [0.5, 0.6) is 0 Å². The van der Waals surface area contributed by atoms with Crippen LogP contribution in [0, 0.1) is 17.3 Å². The van der Waals surface area contributed by atoms with Crippen LogP contribution in [0.15, 0.2) is 0 Å². The molecule has 4 N–H and O–H groups in total. The third-order valence-electron chi connectivity index (χ3n) is 6.70. The molecule has 4 unspecified atom stereocenters. The van der Waals surface area contributed by atoms with Crippen molar-refractivity contribution < 1.29 is 14.8 Å². The normalized spacial score (nSPS) is 40.5. The number of likely N-dealkylation sites (tertiary alicyclic amines) is 1. The highest BCUT2D eigenvalue weighted by molar-refractivity contribution is 6.43. The average Bonchev–Trinajstić information content (AvgIpc) is 3.02. The Kier molecular flexibility index (Phi) is 5.50. The molecule has 2 saturated carbocycles. The van der Waals surface area contributed by atoms with Gasteiger partial charge >= 0.3 is 7.12 Å². The van der Waals surface area contributed by atoms with E-state index in [1.54, 1.807) is 4.90 Å². The summed E-state index contributed by atoms with van der Waals surface area (Å²) >= 11 is 6.53. The smallest absolute Gasteiger partial charge is 0.426 e. The minimum absolute atomic E-state index is 0.0956. The van der Waals surface area contributed by atoms with E-state index in [2.05, 4.69) is 6.92 Å². The van der Waals surface area contributed by atoms with Gasteiger partial charge in [-0.15, -0.1) is 11.6 Å². The lowest BCUT2D eigenvalue weighted by molar-refractivity contribution is -0.138. The van der Waals surface area contributed by atoms with E-state index in [1.807, 2.05) is 0 Å². The molecule has 6 atom stereocenters.